The third kappa shape index (κ3) is 4.27. The number of esters is 1. The number of carbonyl (C=O) groups is 3. The number of thiazole rings is 1. The maximum atomic E-state index is 12.9. The fraction of sp³-hybridized carbons (Fsp3) is 0.294. The van der Waals surface area contributed by atoms with Crippen molar-refractivity contribution in [3.8, 4) is 10.6 Å². The van der Waals surface area contributed by atoms with Gasteiger partial charge in [-0.1, -0.05) is 0 Å². The molecule has 0 N–H and O–H groups in total. The Hall–Kier alpha value is -2.61. The number of likely N-dealkylation sites (tertiary alicyclic amines) is 1. The first kappa shape index (κ1) is 17.2. The molecule has 2 aromatic rings. The van der Waals surface area contributed by atoms with Gasteiger partial charge in [-0.05, 0) is 24.3 Å². The van der Waals surface area contributed by atoms with Crippen molar-refractivity contribution in [1.29, 1.82) is 0 Å². The SMILES string of the molecule is O=C(CCN1C(=O)CCC1=O)OCc1csc(-c2ccc(F)cc2)n1. The Morgan fingerprint density at radius 1 is 1.20 bits per heavy atom. The number of amides is 2. The number of nitrogens with zero attached hydrogens (tertiary/aromatic N) is 2. The van der Waals surface area contributed by atoms with Crippen LogP contribution in [0.15, 0.2) is 29.6 Å². The Morgan fingerprint density at radius 2 is 1.88 bits per heavy atom. The molecule has 0 bridgehead atoms. The van der Waals surface area contributed by atoms with Crippen molar-refractivity contribution in [1.82, 2.24) is 9.88 Å². The first-order valence-corrected chi connectivity index (χ1v) is 8.60. The monoisotopic (exact) mass is 362 g/mol. The molecule has 1 aliphatic heterocycles. The highest BCUT2D eigenvalue weighted by Gasteiger charge is 2.28. The molecular formula is C17H15FN2O4S. The van der Waals surface area contributed by atoms with Crippen LogP contribution in [0.1, 0.15) is 25.0 Å². The van der Waals surface area contributed by atoms with E-state index >= 15 is 0 Å². The number of ether oxygens (including phenoxy) is 1. The van der Waals surface area contributed by atoms with Gasteiger partial charge in [-0.2, -0.15) is 0 Å². The van der Waals surface area contributed by atoms with E-state index < -0.39 is 5.97 Å². The van der Waals surface area contributed by atoms with Crippen LogP contribution in [0.5, 0.6) is 0 Å². The lowest BCUT2D eigenvalue weighted by Gasteiger charge is -2.12. The summed E-state index contributed by atoms with van der Waals surface area (Å²) in [7, 11) is 0. The normalized spacial score (nSPS) is 14.2. The summed E-state index contributed by atoms with van der Waals surface area (Å²) in [6.07, 6.45) is 0.379. The highest BCUT2D eigenvalue weighted by molar-refractivity contribution is 7.13. The quantitative estimate of drug-likeness (QED) is 0.583. The minimum atomic E-state index is -0.496. The molecule has 3 rings (SSSR count). The number of hydrogen-bond donors (Lipinski definition) is 0. The van der Waals surface area contributed by atoms with Gasteiger partial charge in [-0.3, -0.25) is 19.3 Å². The molecule has 0 spiro atoms. The van der Waals surface area contributed by atoms with E-state index in [0.717, 1.165) is 10.5 Å². The molecule has 1 aromatic heterocycles. The molecule has 2 heterocycles. The smallest absolute Gasteiger partial charge is 0.307 e. The molecule has 130 valence electrons. The number of imide groups is 1. The lowest BCUT2D eigenvalue weighted by Crippen LogP contribution is -2.31. The lowest BCUT2D eigenvalue weighted by molar-refractivity contribution is -0.146. The molecule has 25 heavy (non-hydrogen) atoms. The van der Waals surface area contributed by atoms with Crippen LogP contribution >= 0.6 is 11.3 Å². The number of rotatable bonds is 6. The van der Waals surface area contributed by atoms with Crippen LogP contribution in [-0.4, -0.2) is 34.2 Å². The number of carbonyl (C=O) groups excluding carboxylic acids is 3. The van der Waals surface area contributed by atoms with Crippen molar-refractivity contribution in [2.24, 2.45) is 0 Å². The Bertz CT molecular complexity index is 787. The zero-order valence-electron chi connectivity index (χ0n) is 13.2. The van der Waals surface area contributed by atoms with E-state index in [4.69, 9.17) is 4.74 Å². The predicted molar refractivity (Wildman–Crippen MR) is 87.9 cm³/mol. The van der Waals surface area contributed by atoms with E-state index in [2.05, 4.69) is 4.98 Å². The summed E-state index contributed by atoms with van der Waals surface area (Å²) in [6.45, 7) is 0.0623. The van der Waals surface area contributed by atoms with Crippen LogP contribution in [0.2, 0.25) is 0 Å². The molecule has 0 radical (unpaired) electrons. The second-order valence-corrected chi connectivity index (χ2v) is 6.36. The molecule has 2 amide bonds. The van der Waals surface area contributed by atoms with E-state index in [1.54, 1.807) is 17.5 Å². The first-order valence-electron chi connectivity index (χ1n) is 7.72. The third-order valence-electron chi connectivity index (χ3n) is 3.72. The summed E-state index contributed by atoms with van der Waals surface area (Å²) in [5.41, 5.74) is 1.38. The Labute approximate surface area is 147 Å². The van der Waals surface area contributed by atoms with Gasteiger partial charge < -0.3 is 4.74 Å². The molecule has 0 unspecified atom stereocenters. The van der Waals surface area contributed by atoms with Crippen LogP contribution in [-0.2, 0) is 25.7 Å². The van der Waals surface area contributed by atoms with E-state index in [9.17, 15) is 18.8 Å². The van der Waals surface area contributed by atoms with Gasteiger partial charge in [0.25, 0.3) is 0 Å². The molecule has 0 aliphatic carbocycles. The fourth-order valence-corrected chi connectivity index (χ4v) is 3.21. The number of hydrogen-bond acceptors (Lipinski definition) is 6. The predicted octanol–water partition coefficient (Wildman–Crippen LogP) is 2.53. The summed E-state index contributed by atoms with van der Waals surface area (Å²) in [5, 5.41) is 2.47. The van der Waals surface area contributed by atoms with Gasteiger partial charge in [0.15, 0.2) is 0 Å². The van der Waals surface area contributed by atoms with Crippen molar-refractivity contribution in [2.45, 2.75) is 25.9 Å². The van der Waals surface area contributed by atoms with E-state index in [0.29, 0.717) is 10.7 Å². The average molecular weight is 362 g/mol. The minimum absolute atomic E-state index is 0.0123. The summed E-state index contributed by atoms with van der Waals surface area (Å²) >= 11 is 1.37. The van der Waals surface area contributed by atoms with E-state index in [1.165, 1.54) is 23.5 Å². The second-order valence-electron chi connectivity index (χ2n) is 5.50. The summed E-state index contributed by atoms with van der Waals surface area (Å²) in [6, 6.07) is 5.98. The number of benzene rings is 1. The van der Waals surface area contributed by atoms with Crippen LogP contribution in [0.25, 0.3) is 10.6 Å². The van der Waals surface area contributed by atoms with Crippen LogP contribution in [0.4, 0.5) is 4.39 Å². The van der Waals surface area contributed by atoms with Gasteiger partial charge >= 0.3 is 5.97 Å². The maximum absolute atomic E-state index is 12.9. The van der Waals surface area contributed by atoms with Crippen LogP contribution in [0.3, 0.4) is 0 Å². The van der Waals surface area contributed by atoms with Gasteiger partial charge in [-0.15, -0.1) is 11.3 Å². The van der Waals surface area contributed by atoms with Crippen molar-refractivity contribution >= 4 is 29.1 Å². The molecular weight excluding hydrogens is 347 g/mol. The van der Waals surface area contributed by atoms with E-state index in [1.807, 2.05) is 0 Å². The van der Waals surface area contributed by atoms with Crippen LogP contribution < -0.4 is 0 Å². The topological polar surface area (TPSA) is 76.6 Å². The van der Waals surface area contributed by atoms with Gasteiger partial charge in [0.05, 0.1) is 12.1 Å². The third-order valence-corrected chi connectivity index (χ3v) is 4.66. The summed E-state index contributed by atoms with van der Waals surface area (Å²) < 4.78 is 18.1. The molecule has 8 heteroatoms. The summed E-state index contributed by atoms with van der Waals surface area (Å²) in [5.74, 6) is -1.31. The van der Waals surface area contributed by atoms with Crippen molar-refractivity contribution in [3.63, 3.8) is 0 Å². The molecule has 6 nitrogen and oxygen atoms in total. The lowest BCUT2D eigenvalue weighted by atomic mass is 10.2. The van der Waals surface area contributed by atoms with Crippen molar-refractivity contribution in [2.75, 3.05) is 6.54 Å². The Kier molecular flexibility index (Phi) is 5.18. The maximum Gasteiger partial charge on any atom is 0.307 e. The zero-order valence-corrected chi connectivity index (χ0v) is 14.1. The molecule has 1 aliphatic rings. The van der Waals surface area contributed by atoms with Gasteiger partial charge in [0.1, 0.15) is 17.4 Å². The molecule has 0 atom stereocenters. The molecule has 0 saturated carbocycles. The van der Waals surface area contributed by atoms with Gasteiger partial charge in [0.2, 0.25) is 11.8 Å². The highest BCUT2D eigenvalue weighted by Crippen LogP contribution is 2.24. The standard InChI is InChI=1S/C17H15FN2O4S/c18-12-3-1-11(2-4-12)17-19-13(10-25-17)9-24-16(23)7-8-20-14(21)5-6-15(20)22/h1-4,10H,5-9H2. The number of halogens is 1. The molecule has 1 aromatic carbocycles. The Balaban J connectivity index is 1.48. The highest BCUT2D eigenvalue weighted by atomic mass is 32.1. The van der Waals surface area contributed by atoms with Crippen molar-refractivity contribution < 1.29 is 23.5 Å². The first-order chi connectivity index (χ1) is 12.0. The average Bonchev–Trinajstić information content (AvgIpc) is 3.19. The summed E-state index contributed by atoms with van der Waals surface area (Å²) in [4.78, 5) is 40.1. The molecule has 1 saturated heterocycles. The largest absolute Gasteiger partial charge is 0.459 e. The van der Waals surface area contributed by atoms with E-state index in [-0.39, 0.29) is 50.0 Å². The zero-order chi connectivity index (χ0) is 17.8. The molecule has 1 fully saturated rings. The number of aromatic nitrogens is 1. The van der Waals surface area contributed by atoms with Crippen molar-refractivity contribution in [3.05, 3.63) is 41.2 Å². The fourth-order valence-electron chi connectivity index (χ4n) is 2.40. The van der Waals surface area contributed by atoms with Crippen LogP contribution in [0, 0.1) is 5.82 Å². The second kappa shape index (κ2) is 7.52. The van der Waals surface area contributed by atoms with Gasteiger partial charge in [-0.25, -0.2) is 9.37 Å². The van der Waals surface area contributed by atoms with Gasteiger partial charge in [0, 0.05) is 30.3 Å². The minimum Gasteiger partial charge on any atom is -0.459 e. The Morgan fingerprint density at radius 3 is 2.56 bits per heavy atom.